The normalized spacial score (nSPS) is 14.8. The van der Waals surface area contributed by atoms with Gasteiger partial charge in [0.25, 0.3) is 11.8 Å². The van der Waals surface area contributed by atoms with E-state index in [4.69, 9.17) is 21.7 Å². The molecule has 1 aliphatic heterocycles. The van der Waals surface area contributed by atoms with E-state index < -0.39 is 23.8 Å². The van der Waals surface area contributed by atoms with Gasteiger partial charge in [-0.25, -0.2) is 9.78 Å². The van der Waals surface area contributed by atoms with Gasteiger partial charge < -0.3 is 25.0 Å². The minimum Gasteiger partial charge on any atom is -0.508 e. The topological polar surface area (TPSA) is 138 Å². The van der Waals surface area contributed by atoms with Crippen molar-refractivity contribution in [2.45, 2.75) is 12.5 Å². The molecule has 1 aromatic heterocycles. The van der Waals surface area contributed by atoms with Crippen LogP contribution in [0.5, 0.6) is 17.2 Å². The number of benzene rings is 2. The summed E-state index contributed by atoms with van der Waals surface area (Å²) < 4.78 is 11.1. The summed E-state index contributed by atoms with van der Waals surface area (Å²) in [4.78, 5) is 42.8. The Hall–Kier alpha value is -4.42. The number of pyridine rings is 1. The van der Waals surface area contributed by atoms with Crippen LogP contribution in [0.4, 0.5) is 5.82 Å². The molecule has 200 valence electrons. The number of hydrogen-bond acceptors (Lipinski definition) is 9. The van der Waals surface area contributed by atoms with Crippen molar-refractivity contribution in [1.82, 2.24) is 9.88 Å². The maximum absolute atomic E-state index is 13.2. The molecule has 0 bridgehead atoms. The highest BCUT2D eigenvalue weighted by atomic mass is 32.2. The second-order valence-electron chi connectivity index (χ2n) is 8.24. The zero-order valence-corrected chi connectivity index (χ0v) is 22.2. The van der Waals surface area contributed by atoms with Gasteiger partial charge in [-0.15, -0.1) is 0 Å². The third kappa shape index (κ3) is 6.92. The second-order valence-corrected chi connectivity index (χ2v) is 9.91. The number of phenolic OH excluding ortho intramolecular Hbond substituents is 1. The molecule has 2 aromatic carbocycles. The summed E-state index contributed by atoms with van der Waals surface area (Å²) in [6.45, 7) is -0.275. The first-order valence-corrected chi connectivity index (χ1v) is 12.8. The van der Waals surface area contributed by atoms with Crippen LogP contribution < -0.4 is 14.8 Å². The zero-order valence-electron chi connectivity index (χ0n) is 20.6. The van der Waals surface area contributed by atoms with Gasteiger partial charge >= 0.3 is 5.97 Å². The second kappa shape index (κ2) is 12.4. The number of methoxy groups -OCH3 is 1. The van der Waals surface area contributed by atoms with Crippen molar-refractivity contribution in [2.24, 2.45) is 0 Å². The van der Waals surface area contributed by atoms with E-state index in [1.807, 2.05) is 0 Å². The van der Waals surface area contributed by atoms with Crippen LogP contribution in [0, 0.1) is 0 Å². The Kier molecular flexibility index (Phi) is 8.79. The van der Waals surface area contributed by atoms with Crippen LogP contribution in [0.3, 0.4) is 0 Å². The number of aliphatic carboxylic acids is 1. The van der Waals surface area contributed by atoms with Crippen LogP contribution in [0.25, 0.3) is 6.08 Å². The first-order valence-electron chi connectivity index (χ1n) is 11.5. The summed E-state index contributed by atoms with van der Waals surface area (Å²) in [6, 6.07) is 14.9. The fourth-order valence-electron chi connectivity index (χ4n) is 3.70. The number of thioether (sulfide) groups is 1. The molecule has 0 unspecified atom stereocenters. The van der Waals surface area contributed by atoms with E-state index in [0.29, 0.717) is 28.4 Å². The minimum atomic E-state index is -1.21. The summed E-state index contributed by atoms with van der Waals surface area (Å²) >= 11 is 6.36. The number of aromatic hydroxyl groups is 1. The Morgan fingerprint density at radius 3 is 2.59 bits per heavy atom. The fourth-order valence-corrected chi connectivity index (χ4v) is 5.05. The van der Waals surface area contributed by atoms with Gasteiger partial charge in [0.05, 0.1) is 12.0 Å². The largest absolute Gasteiger partial charge is 0.508 e. The quantitative estimate of drug-likeness (QED) is 0.246. The average Bonchev–Trinajstić information content (AvgIpc) is 3.19. The van der Waals surface area contributed by atoms with Crippen LogP contribution in [-0.4, -0.2) is 62.0 Å². The van der Waals surface area contributed by atoms with Crippen molar-refractivity contribution in [3.63, 3.8) is 0 Å². The number of aromatic nitrogens is 1. The van der Waals surface area contributed by atoms with Gasteiger partial charge in [0, 0.05) is 12.6 Å². The van der Waals surface area contributed by atoms with Crippen molar-refractivity contribution in [3.8, 4) is 17.2 Å². The number of rotatable bonds is 10. The number of phenols is 1. The lowest BCUT2D eigenvalue weighted by Crippen LogP contribution is -2.45. The molecule has 0 saturated carbocycles. The Morgan fingerprint density at radius 1 is 1.15 bits per heavy atom. The molecule has 10 nitrogen and oxygen atoms in total. The third-order valence-corrected chi connectivity index (χ3v) is 6.89. The first-order chi connectivity index (χ1) is 18.7. The van der Waals surface area contributed by atoms with E-state index in [-0.39, 0.29) is 28.0 Å². The van der Waals surface area contributed by atoms with Crippen LogP contribution in [0.15, 0.2) is 71.8 Å². The lowest BCUT2D eigenvalue weighted by Gasteiger charge is -2.23. The van der Waals surface area contributed by atoms with E-state index in [1.54, 1.807) is 60.8 Å². The van der Waals surface area contributed by atoms with E-state index in [1.165, 1.54) is 19.2 Å². The van der Waals surface area contributed by atoms with E-state index in [0.717, 1.165) is 16.7 Å². The minimum absolute atomic E-state index is 0.0170. The van der Waals surface area contributed by atoms with Crippen molar-refractivity contribution in [2.75, 3.05) is 19.0 Å². The molecule has 0 radical (unpaired) electrons. The third-order valence-electron chi connectivity index (χ3n) is 5.56. The van der Waals surface area contributed by atoms with Gasteiger partial charge in [-0.1, -0.05) is 48.2 Å². The van der Waals surface area contributed by atoms with Gasteiger partial charge in [0.2, 0.25) is 0 Å². The predicted molar refractivity (Wildman–Crippen MR) is 150 cm³/mol. The molecule has 4 rings (SSSR count). The molecule has 1 aliphatic rings. The maximum Gasteiger partial charge on any atom is 0.327 e. The number of carbonyl (C=O) groups excluding carboxylic acids is 2. The summed E-state index contributed by atoms with van der Waals surface area (Å²) in [7, 11) is 1.44. The van der Waals surface area contributed by atoms with Gasteiger partial charge in [-0.2, -0.15) is 0 Å². The molecule has 1 atom stereocenters. The SMILES string of the molecule is COc1cc(/C=C2/SC(=S)N([C@@H](Cc3ccc(O)cc3)C(=O)O)C2=O)ccc1OCC(=O)Nc1ccccn1. The fraction of sp³-hybridized carbons (Fsp3) is 0.148. The molecule has 0 aliphatic carbocycles. The predicted octanol–water partition coefficient (Wildman–Crippen LogP) is 3.71. The van der Waals surface area contributed by atoms with Crippen LogP contribution in [0.1, 0.15) is 11.1 Å². The number of nitrogens with one attached hydrogen (secondary N) is 1. The molecule has 1 fully saturated rings. The summed E-state index contributed by atoms with van der Waals surface area (Å²) in [6.07, 6.45) is 3.16. The van der Waals surface area contributed by atoms with Gasteiger partial charge in [0.15, 0.2) is 18.1 Å². The van der Waals surface area contributed by atoms with Crippen molar-refractivity contribution < 1.29 is 34.1 Å². The number of nitrogens with zero attached hydrogens (tertiary/aromatic N) is 2. The smallest absolute Gasteiger partial charge is 0.327 e. The lowest BCUT2D eigenvalue weighted by molar-refractivity contribution is -0.145. The molecule has 2 amide bonds. The molecule has 3 aromatic rings. The number of carboxylic acid groups (broad SMARTS) is 1. The number of carbonyl (C=O) groups is 3. The number of thiocarbonyl (C=S) groups is 1. The highest BCUT2D eigenvalue weighted by Gasteiger charge is 2.40. The van der Waals surface area contributed by atoms with E-state index >= 15 is 0 Å². The first kappa shape index (κ1) is 27.6. The zero-order chi connectivity index (χ0) is 27.9. The number of anilines is 1. The van der Waals surface area contributed by atoms with E-state index in [2.05, 4.69) is 10.3 Å². The molecular weight excluding hydrogens is 542 g/mol. The maximum atomic E-state index is 13.2. The van der Waals surface area contributed by atoms with Crippen LogP contribution >= 0.6 is 24.0 Å². The summed E-state index contributed by atoms with van der Waals surface area (Å²) in [5.74, 6) is -1.02. The molecule has 2 heterocycles. The Morgan fingerprint density at radius 2 is 1.92 bits per heavy atom. The highest BCUT2D eigenvalue weighted by Crippen LogP contribution is 2.36. The Balaban J connectivity index is 1.46. The number of carboxylic acids is 1. The molecule has 0 spiro atoms. The standard InChI is InChI=1S/C27H23N3O7S2/c1-36-21-13-17(7-10-20(21)37-15-24(32)29-23-4-2-3-11-28-23)14-22-25(33)30(27(38)39-22)19(26(34)35)12-16-5-8-18(31)9-6-16/h2-11,13-14,19,31H,12,15H2,1H3,(H,34,35)(H,28,29,32)/b22-14+/t19-/m0/s1. The number of amides is 2. The lowest BCUT2D eigenvalue weighted by atomic mass is 10.0. The van der Waals surface area contributed by atoms with Crippen molar-refractivity contribution in [3.05, 3.63) is 82.9 Å². The summed E-state index contributed by atoms with van der Waals surface area (Å²) in [5, 5.41) is 21.9. The van der Waals surface area contributed by atoms with Crippen molar-refractivity contribution >= 4 is 58.0 Å². The van der Waals surface area contributed by atoms with Gasteiger partial charge in [-0.05, 0) is 53.6 Å². The van der Waals surface area contributed by atoms with Crippen LogP contribution in [0.2, 0.25) is 0 Å². The highest BCUT2D eigenvalue weighted by molar-refractivity contribution is 8.26. The molecular formula is C27H23N3O7S2. The van der Waals surface area contributed by atoms with Gasteiger partial charge in [-0.3, -0.25) is 14.5 Å². The molecule has 3 N–H and O–H groups in total. The molecule has 1 saturated heterocycles. The monoisotopic (exact) mass is 565 g/mol. The Labute approximate surface area is 233 Å². The van der Waals surface area contributed by atoms with Crippen LogP contribution in [-0.2, 0) is 20.8 Å². The van der Waals surface area contributed by atoms with E-state index in [9.17, 15) is 24.6 Å². The Bertz CT molecular complexity index is 1430. The molecule has 12 heteroatoms. The number of ether oxygens (including phenoxy) is 2. The number of hydrogen-bond donors (Lipinski definition) is 3. The molecule has 39 heavy (non-hydrogen) atoms. The van der Waals surface area contributed by atoms with Crippen molar-refractivity contribution in [1.29, 1.82) is 0 Å². The van der Waals surface area contributed by atoms with Gasteiger partial charge in [0.1, 0.15) is 21.9 Å². The summed E-state index contributed by atoms with van der Waals surface area (Å²) in [5.41, 5.74) is 1.22. The average molecular weight is 566 g/mol.